The van der Waals surface area contributed by atoms with Gasteiger partial charge in [0, 0.05) is 0 Å². The lowest BCUT2D eigenvalue weighted by Crippen LogP contribution is -2.64. The van der Waals surface area contributed by atoms with Gasteiger partial charge in [-0.3, -0.25) is 4.79 Å². The van der Waals surface area contributed by atoms with Crippen molar-refractivity contribution in [2.45, 2.75) is 19.4 Å². The molecule has 0 aromatic rings. The molecule has 0 N–H and O–H groups in total. The third kappa shape index (κ3) is 7.83. The van der Waals surface area contributed by atoms with E-state index in [0.717, 1.165) is 45.8 Å². The van der Waals surface area contributed by atoms with Gasteiger partial charge in [-0.05, 0) is 43.4 Å². The van der Waals surface area contributed by atoms with Gasteiger partial charge in [-0.2, -0.15) is 0 Å². The van der Waals surface area contributed by atoms with E-state index in [1.807, 2.05) is 43.4 Å². The van der Waals surface area contributed by atoms with Gasteiger partial charge in [-0.1, -0.05) is 39.5 Å². The molecule has 0 aliphatic carbocycles. The maximum absolute atomic E-state index is 12.5. The van der Waals surface area contributed by atoms with Crippen molar-refractivity contribution in [1.82, 2.24) is 0 Å². The molecule has 0 aliphatic heterocycles. The van der Waals surface area contributed by atoms with Crippen molar-refractivity contribution in [3.63, 3.8) is 0 Å². The third-order valence-corrected chi connectivity index (χ3v) is 5.11. The van der Waals surface area contributed by atoms with Crippen molar-refractivity contribution < 1.29 is 18.5 Å². The molecule has 0 saturated heterocycles. The van der Waals surface area contributed by atoms with Gasteiger partial charge in [-0.15, -0.1) is 0 Å². The Morgan fingerprint density at radius 3 is 1.50 bits per heavy atom. The van der Waals surface area contributed by atoms with E-state index < -0.39 is 0 Å². The van der Waals surface area contributed by atoms with Crippen LogP contribution in [0, 0.1) is 0 Å². The molecule has 0 fully saturated rings. The molecule has 0 aliphatic rings. The van der Waals surface area contributed by atoms with Crippen molar-refractivity contribution >= 4 is 5.97 Å². The molecule has 1 atom stereocenters. The first-order valence-electron chi connectivity index (χ1n) is 9.94. The Morgan fingerprint density at radius 2 is 1.18 bits per heavy atom. The molecule has 0 saturated carbocycles. The molecule has 0 amide bonds. The van der Waals surface area contributed by atoms with Gasteiger partial charge in [0.05, 0.1) is 45.9 Å². The summed E-state index contributed by atoms with van der Waals surface area (Å²) in [6.45, 7) is 31.2. The Morgan fingerprint density at radius 1 is 0.786 bits per heavy atom. The number of hydrogen-bond donors (Lipinski definition) is 0. The molecule has 156 valence electrons. The minimum atomic E-state index is -0.180. The number of esters is 1. The normalized spacial score (nSPS) is 12.5. The summed E-state index contributed by atoms with van der Waals surface area (Å²) < 4.78 is 6.66. The smallest absolute Gasteiger partial charge is 0.312 e. The Balaban J connectivity index is 6.24. The molecule has 1 unspecified atom stereocenters. The molecule has 0 bridgehead atoms. The zero-order chi connectivity index (χ0) is 21.5. The fraction of sp³-hybridized carbons (Fsp3) is 0.458. The molecular formula is C24H40N2O2+2. The Labute approximate surface area is 172 Å². The van der Waals surface area contributed by atoms with Crippen LogP contribution < -0.4 is 0 Å². The van der Waals surface area contributed by atoms with Crippen molar-refractivity contribution in [2.75, 3.05) is 52.4 Å². The quantitative estimate of drug-likeness (QED) is 0.201. The maximum atomic E-state index is 12.5. The molecule has 0 radical (unpaired) electrons. The molecule has 0 rings (SSSR count). The number of carbonyl (C=O) groups excluding carboxylic acids is 1. The number of rotatable bonds is 18. The Bertz CT molecular complexity index is 498. The van der Waals surface area contributed by atoms with Crippen LogP contribution in [-0.2, 0) is 9.53 Å². The standard InChI is InChI=1S/C24H40N2O2/c1-8-15-25(16-9-2,17-10-3)22-23(21-24(27)28-14-7)26(18-11-4,19-12-5)20-13-6/h8-13,23H,1-6,14-22H2,7H3/q+2. The second-order valence-corrected chi connectivity index (χ2v) is 7.23. The van der Waals surface area contributed by atoms with Crippen molar-refractivity contribution in [2.24, 2.45) is 0 Å². The summed E-state index contributed by atoms with van der Waals surface area (Å²) in [6.07, 6.45) is 11.8. The first-order chi connectivity index (χ1) is 13.4. The largest absolute Gasteiger partial charge is 0.466 e. The van der Waals surface area contributed by atoms with Crippen LogP contribution in [0.2, 0.25) is 0 Å². The molecule has 0 aromatic heterocycles. The van der Waals surface area contributed by atoms with Crippen LogP contribution in [0.25, 0.3) is 0 Å². The summed E-state index contributed by atoms with van der Waals surface area (Å²) in [5.41, 5.74) is 0. The average molecular weight is 389 g/mol. The van der Waals surface area contributed by atoms with Gasteiger partial charge in [0.2, 0.25) is 0 Å². The lowest BCUT2D eigenvalue weighted by molar-refractivity contribution is -0.984. The minimum absolute atomic E-state index is 0.00731. The first kappa shape index (κ1) is 25.8. The molecule has 28 heavy (non-hydrogen) atoms. The van der Waals surface area contributed by atoms with E-state index in [9.17, 15) is 4.79 Å². The van der Waals surface area contributed by atoms with Crippen molar-refractivity contribution in [3.05, 3.63) is 75.9 Å². The van der Waals surface area contributed by atoms with Crippen LogP contribution in [0.15, 0.2) is 75.9 Å². The Kier molecular flexibility index (Phi) is 12.8. The predicted octanol–water partition coefficient (Wildman–Crippen LogP) is 4.06. The first-order valence-corrected chi connectivity index (χ1v) is 9.94. The fourth-order valence-electron chi connectivity index (χ4n) is 4.00. The number of hydrogen-bond acceptors (Lipinski definition) is 2. The van der Waals surface area contributed by atoms with Crippen molar-refractivity contribution in [1.29, 1.82) is 0 Å². The summed E-state index contributed by atoms with van der Waals surface area (Å²) in [5, 5.41) is 0. The van der Waals surface area contributed by atoms with E-state index in [2.05, 4.69) is 39.5 Å². The van der Waals surface area contributed by atoms with E-state index in [1.54, 1.807) is 0 Å². The molecule has 4 nitrogen and oxygen atoms in total. The Hall–Kier alpha value is -2.17. The highest BCUT2D eigenvalue weighted by atomic mass is 16.5. The second-order valence-electron chi connectivity index (χ2n) is 7.23. The highest BCUT2D eigenvalue weighted by Gasteiger charge is 2.42. The number of ether oxygens (including phenoxy) is 1. The van der Waals surface area contributed by atoms with Crippen LogP contribution in [0.3, 0.4) is 0 Å². The van der Waals surface area contributed by atoms with E-state index >= 15 is 0 Å². The van der Waals surface area contributed by atoms with E-state index in [1.165, 1.54) is 0 Å². The molecule has 0 heterocycles. The minimum Gasteiger partial charge on any atom is -0.466 e. The third-order valence-electron chi connectivity index (χ3n) is 5.11. The zero-order valence-electron chi connectivity index (χ0n) is 17.9. The van der Waals surface area contributed by atoms with Gasteiger partial charge >= 0.3 is 5.97 Å². The molecular weight excluding hydrogens is 348 g/mol. The van der Waals surface area contributed by atoms with Crippen LogP contribution in [-0.4, -0.2) is 73.4 Å². The highest BCUT2D eigenvalue weighted by molar-refractivity contribution is 5.69. The van der Waals surface area contributed by atoms with Crippen LogP contribution in [0.4, 0.5) is 0 Å². The monoisotopic (exact) mass is 388 g/mol. The summed E-state index contributed by atoms with van der Waals surface area (Å²) in [4.78, 5) is 12.5. The van der Waals surface area contributed by atoms with Gasteiger partial charge in [0.15, 0.2) is 0 Å². The van der Waals surface area contributed by atoms with E-state index in [4.69, 9.17) is 4.74 Å². The summed E-state index contributed by atoms with van der Waals surface area (Å²) in [7, 11) is 0. The topological polar surface area (TPSA) is 26.3 Å². The van der Waals surface area contributed by atoms with Gasteiger partial charge in [-0.25, -0.2) is 0 Å². The van der Waals surface area contributed by atoms with Crippen LogP contribution >= 0.6 is 0 Å². The fourth-order valence-corrected chi connectivity index (χ4v) is 4.00. The maximum Gasteiger partial charge on any atom is 0.312 e. The van der Waals surface area contributed by atoms with Crippen LogP contribution in [0.5, 0.6) is 0 Å². The van der Waals surface area contributed by atoms with E-state index in [-0.39, 0.29) is 12.0 Å². The SMILES string of the molecule is C=CC[N+](CC=C)(CC=C)CC(CC(=O)OCC)[N+](CC=C)(CC=C)CC=C. The van der Waals surface area contributed by atoms with Gasteiger partial charge in [0.1, 0.15) is 19.0 Å². The number of nitrogens with zero attached hydrogens (tertiary/aromatic N) is 2. The number of carbonyl (C=O) groups is 1. The molecule has 0 spiro atoms. The summed E-state index contributed by atoms with van der Waals surface area (Å²) in [5.74, 6) is -0.180. The average Bonchev–Trinajstić information content (AvgIpc) is 2.62. The summed E-state index contributed by atoms with van der Waals surface area (Å²) in [6, 6.07) is 0.00731. The molecule has 4 heteroatoms. The summed E-state index contributed by atoms with van der Waals surface area (Å²) >= 11 is 0. The number of quaternary nitrogens is 2. The zero-order valence-corrected chi connectivity index (χ0v) is 17.9. The van der Waals surface area contributed by atoms with E-state index in [0.29, 0.717) is 22.0 Å². The predicted molar refractivity (Wildman–Crippen MR) is 121 cm³/mol. The van der Waals surface area contributed by atoms with Gasteiger partial charge < -0.3 is 13.7 Å². The lowest BCUT2D eigenvalue weighted by Gasteiger charge is -2.47. The second kappa shape index (κ2) is 13.9. The highest BCUT2D eigenvalue weighted by Crippen LogP contribution is 2.24. The van der Waals surface area contributed by atoms with Crippen LogP contribution in [0.1, 0.15) is 13.3 Å². The lowest BCUT2D eigenvalue weighted by atomic mass is 10.0. The van der Waals surface area contributed by atoms with Crippen molar-refractivity contribution in [3.8, 4) is 0 Å². The van der Waals surface area contributed by atoms with Gasteiger partial charge in [0.25, 0.3) is 0 Å². The molecule has 0 aromatic carbocycles.